The monoisotopic (exact) mass is 510 g/mol. The number of nitrogens with two attached hydrogens (primary N) is 1. The Hall–Kier alpha value is -4.60. The van der Waals surface area contributed by atoms with Gasteiger partial charge in [-0.2, -0.15) is 5.10 Å². The third kappa shape index (κ3) is 4.97. The second kappa shape index (κ2) is 10.8. The van der Waals surface area contributed by atoms with Crippen LogP contribution in [0.3, 0.4) is 0 Å². The van der Waals surface area contributed by atoms with Gasteiger partial charge in [-0.15, -0.1) is 0 Å². The number of amides is 2. The number of likely N-dealkylation sites (tertiary alicyclic amines) is 1. The summed E-state index contributed by atoms with van der Waals surface area (Å²) in [4.78, 5) is 39.8. The number of pyridine rings is 1. The molecule has 5 rings (SSSR count). The van der Waals surface area contributed by atoms with Crippen LogP contribution in [0, 0.1) is 0 Å². The van der Waals surface area contributed by atoms with E-state index in [2.05, 4.69) is 33.8 Å². The average molecular weight is 511 g/mol. The van der Waals surface area contributed by atoms with Gasteiger partial charge in [-0.25, -0.2) is 19.6 Å². The molecule has 0 aliphatic carbocycles. The van der Waals surface area contributed by atoms with E-state index in [-0.39, 0.29) is 17.9 Å². The lowest BCUT2D eigenvalue weighted by atomic mass is 10.1. The number of anilines is 2. The fourth-order valence-electron chi connectivity index (χ4n) is 4.89. The molecule has 1 aliphatic heterocycles. The fourth-order valence-corrected chi connectivity index (χ4v) is 4.89. The number of fused-ring (bicyclic) bond motifs is 1. The molecule has 2 amide bonds. The smallest absolute Gasteiger partial charge is 0.256 e. The van der Waals surface area contributed by atoms with Gasteiger partial charge < -0.3 is 16.0 Å². The Morgan fingerprint density at radius 1 is 1.18 bits per heavy atom. The largest absolute Gasteiger partial charge is 0.383 e. The number of aromatic nitrogens is 5. The summed E-state index contributed by atoms with van der Waals surface area (Å²) in [5.74, 6) is 0.508. The van der Waals surface area contributed by atoms with Gasteiger partial charge in [0.25, 0.3) is 5.91 Å². The lowest BCUT2D eigenvalue weighted by molar-refractivity contribution is -0.127. The maximum absolute atomic E-state index is 12.9. The molecule has 1 fully saturated rings. The van der Waals surface area contributed by atoms with Gasteiger partial charge in [-0.05, 0) is 55.2 Å². The van der Waals surface area contributed by atoms with Gasteiger partial charge in [0.1, 0.15) is 23.7 Å². The summed E-state index contributed by atoms with van der Waals surface area (Å²) in [6.45, 7) is 6.92. The summed E-state index contributed by atoms with van der Waals surface area (Å²) < 4.78 is 1.85. The van der Waals surface area contributed by atoms with Crippen molar-refractivity contribution in [1.82, 2.24) is 29.6 Å². The summed E-state index contributed by atoms with van der Waals surface area (Å²) >= 11 is 0. The molecular weight excluding hydrogens is 480 g/mol. The third-order valence-electron chi connectivity index (χ3n) is 6.77. The number of aryl methyl sites for hydroxylation is 1. The number of carbonyl (C=O) groups excluding carboxylic acids is 2. The van der Waals surface area contributed by atoms with Gasteiger partial charge in [-0.3, -0.25) is 9.59 Å². The molecule has 1 aliphatic rings. The highest BCUT2D eigenvalue weighted by molar-refractivity contribution is 6.04. The minimum atomic E-state index is -0.245. The molecule has 38 heavy (non-hydrogen) atoms. The van der Waals surface area contributed by atoms with Crippen LogP contribution in [0.2, 0.25) is 0 Å². The Morgan fingerprint density at radius 2 is 2.00 bits per heavy atom. The first-order valence-electron chi connectivity index (χ1n) is 12.7. The molecule has 1 saturated heterocycles. The van der Waals surface area contributed by atoms with E-state index in [9.17, 15) is 9.59 Å². The van der Waals surface area contributed by atoms with Gasteiger partial charge in [-0.1, -0.05) is 32.1 Å². The zero-order valence-electron chi connectivity index (χ0n) is 21.3. The molecule has 0 spiro atoms. The van der Waals surface area contributed by atoms with Crippen LogP contribution in [0.5, 0.6) is 0 Å². The van der Waals surface area contributed by atoms with Crippen LogP contribution in [0.15, 0.2) is 61.6 Å². The lowest BCUT2D eigenvalue weighted by Gasteiger charge is -2.32. The molecule has 194 valence electrons. The number of hydrogen-bond donors (Lipinski definition) is 2. The molecular formula is C28H30N8O2. The molecule has 0 bridgehead atoms. The van der Waals surface area contributed by atoms with Gasteiger partial charge >= 0.3 is 0 Å². The molecule has 4 aromatic rings. The van der Waals surface area contributed by atoms with Crippen LogP contribution in [0.1, 0.15) is 48.1 Å². The summed E-state index contributed by atoms with van der Waals surface area (Å²) in [6, 6.07) is 11.0. The lowest BCUT2D eigenvalue weighted by Crippen LogP contribution is -2.40. The molecule has 0 saturated carbocycles. The first-order chi connectivity index (χ1) is 18.5. The summed E-state index contributed by atoms with van der Waals surface area (Å²) in [6.07, 6.45) is 8.12. The standard InChI is InChI=1S/C28H30N8O2/c1-3-6-18-12-13-30-22(15-18)33-28(38)20-10-8-19(9-11-20)25-24-26(29)31-17-32-27(24)36(34-25)21-7-5-14-35(16-21)23(37)4-2/h4,8-13,15,17,21H,2-3,5-7,14,16H2,1H3,(H2,29,31,32)(H,30,33,38)/t21-/m1/s1. The Bertz CT molecular complexity index is 1490. The summed E-state index contributed by atoms with van der Waals surface area (Å²) in [7, 11) is 0. The molecule has 10 heteroatoms. The van der Waals surface area contributed by atoms with Crippen molar-refractivity contribution in [3.8, 4) is 11.3 Å². The van der Waals surface area contributed by atoms with Gasteiger partial charge in [0, 0.05) is 30.4 Å². The van der Waals surface area contributed by atoms with E-state index in [0.717, 1.165) is 36.8 Å². The van der Waals surface area contributed by atoms with Crippen molar-refractivity contribution in [2.45, 2.75) is 38.6 Å². The molecule has 10 nitrogen and oxygen atoms in total. The third-order valence-corrected chi connectivity index (χ3v) is 6.77. The highest BCUT2D eigenvalue weighted by Gasteiger charge is 2.28. The van der Waals surface area contributed by atoms with E-state index < -0.39 is 0 Å². The highest BCUT2D eigenvalue weighted by atomic mass is 16.2. The number of rotatable bonds is 7. The minimum absolute atomic E-state index is 0.0563. The second-order valence-electron chi connectivity index (χ2n) is 9.37. The van der Waals surface area contributed by atoms with Crippen LogP contribution in [0.4, 0.5) is 11.6 Å². The van der Waals surface area contributed by atoms with E-state index >= 15 is 0 Å². The number of hydrogen-bond acceptors (Lipinski definition) is 7. The maximum atomic E-state index is 12.9. The quantitative estimate of drug-likeness (QED) is 0.359. The van der Waals surface area contributed by atoms with Gasteiger partial charge in [0.05, 0.1) is 11.4 Å². The number of nitrogens with one attached hydrogen (secondary N) is 1. The average Bonchev–Trinajstić information content (AvgIpc) is 3.34. The van der Waals surface area contributed by atoms with E-state index in [4.69, 9.17) is 10.8 Å². The van der Waals surface area contributed by atoms with Crippen molar-refractivity contribution >= 4 is 34.5 Å². The SMILES string of the molecule is C=CC(=O)N1CCC[C@@H](n2nc(-c3ccc(C(=O)Nc4cc(CCC)ccn4)cc3)c3c(N)ncnc32)C1. The van der Waals surface area contributed by atoms with Crippen LogP contribution in [0.25, 0.3) is 22.3 Å². The molecule has 1 aromatic carbocycles. The van der Waals surface area contributed by atoms with Crippen LogP contribution < -0.4 is 11.1 Å². The fraction of sp³-hybridized carbons (Fsp3) is 0.286. The predicted molar refractivity (Wildman–Crippen MR) is 146 cm³/mol. The predicted octanol–water partition coefficient (Wildman–Crippen LogP) is 4.02. The Kier molecular flexibility index (Phi) is 7.12. The molecule has 0 unspecified atom stereocenters. The molecule has 4 heterocycles. The summed E-state index contributed by atoms with van der Waals surface area (Å²) in [5, 5.41) is 8.41. The van der Waals surface area contributed by atoms with Gasteiger partial charge in [0.2, 0.25) is 5.91 Å². The van der Waals surface area contributed by atoms with E-state index in [0.29, 0.717) is 47.0 Å². The van der Waals surface area contributed by atoms with Crippen molar-refractivity contribution in [1.29, 1.82) is 0 Å². The normalized spacial score (nSPS) is 15.4. The molecule has 3 N–H and O–H groups in total. The topological polar surface area (TPSA) is 132 Å². The number of carbonyl (C=O) groups is 2. The zero-order valence-corrected chi connectivity index (χ0v) is 21.3. The minimum Gasteiger partial charge on any atom is -0.383 e. The highest BCUT2D eigenvalue weighted by Crippen LogP contribution is 2.34. The van der Waals surface area contributed by atoms with Crippen LogP contribution >= 0.6 is 0 Å². The number of benzene rings is 1. The Labute approximate surface area is 220 Å². The second-order valence-corrected chi connectivity index (χ2v) is 9.37. The van der Waals surface area contributed by atoms with Crippen molar-refractivity contribution in [3.63, 3.8) is 0 Å². The van der Waals surface area contributed by atoms with E-state index in [1.165, 1.54) is 12.4 Å². The van der Waals surface area contributed by atoms with Crippen molar-refractivity contribution < 1.29 is 9.59 Å². The van der Waals surface area contributed by atoms with Crippen LogP contribution in [-0.4, -0.2) is 54.5 Å². The van der Waals surface area contributed by atoms with Gasteiger partial charge in [0.15, 0.2) is 5.65 Å². The maximum Gasteiger partial charge on any atom is 0.256 e. The number of nitrogen functional groups attached to an aromatic ring is 1. The molecule has 3 aromatic heterocycles. The molecule has 0 radical (unpaired) electrons. The summed E-state index contributed by atoms with van der Waals surface area (Å²) in [5.41, 5.74) is 9.93. The van der Waals surface area contributed by atoms with Crippen molar-refractivity contribution in [2.75, 3.05) is 24.1 Å². The first kappa shape index (κ1) is 25.1. The Balaban J connectivity index is 1.43. The zero-order chi connectivity index (χ0) is 26.6. The first-order valence-corrected chi connectivity index (χ1v) is 12.7. The number of piperidine rings is 1. The van der Waals surface area contributed by atoms with Crippen molar-refractivity contribution in [3.05, 3.63) is 72.7 Å². The Morgan fingerprint density at radius 3 is 2.76 bits per heavy atom. The van der Waals surface area contributed by atoms with E-state index in [1.54, 1.807) is 23.2 Å². The molecule has 1 atom stereocenters. The number of nitrogens with zero attached hydrogens (tertiary/aromatic N) is 6. The van der Waals surface area contributed by atoms with E-state index in [1.807, 2.05) is 28.9 Å². The van der Waals surface area contributed by atoms with Crippen molar-refractivity contribution in [2.24, 2.45) is 0 Å². The van der Waals surface area contributed by atoms with Crippen LogP contribution in [-0.2, 0) is 11.2 Å².